The summed E-state index contributed by atoms with van der Waals surface area (Å²) in [7, 11) is 2.08. The molecule has 0 bridgehead atoms. The monoisotopic (exact) mass is 360 g/mol. The fraction of sp³-hybridized carbons (Fsp3) is 0.600. The van der Waals surface area contributed by atoms with E-state index in [1.807, 2.05) is 25.7 Å². The number of benzene rings is 1. The van der Waals surface area contributed by atoms with E-state index in [9.17, 15) is 9.59 Å². The molecule has 1 amide bonds. The number of hydrogen-bond acceptors (Lipinski definition) is 5. The molecule has 1 aromatic carbocycles. The highest BCUT2D eigenvalue weighted by Crippen LogP contribution is 2.43. The van der Waals surface area contributed by atoms with Crippen molar-refractivity contribution >= 4 is 11.9 Å². The first-order chi connectivity index (χ1) is 12.3. The SMILES string of the molecule is CC(=O)Oc1c(C)c(C)c2c(c1C)CC(CC(=O)N1CCN(C)CC1)O2. The van der Waals surface area contributed by atoms with Crippen molar-refractivity contribution in [1.29, 1.82) is 0 Å². The van der Waals surface area contributed by atoms with Crippen molar-refractivity contribution < 1.29 is 19.1 Å². The van der Waals surface area contributed by atoms with Crippen LogP contribution in [-0.4, -0.2) is 61.0 Å². The molecule has 1 unspecified atom stereocenters. The van der Waals surface area contributed by atoms with Crippen LogP contribution in [0, 0.1) is 20.8 Å². The number of carbonyl (C=O) groups is 2. The van der Waals surface area contributed by atoms with Crippen LogP contribution >= 0.6 is 0 Å². The molecule has 0 radical (unpaired) electrons. The molecule has 1 fully saturated rings. The Balaban J connectivity index is 1.74. The molecule has 0 spiro atoms. The van der Waals surface area contributed by atoms with E-state index in [4.69, 9.17) is 9.47 Å². The van der Waals surface area contributed by atoms with Gasteiger partial charge in [-0.15, -0.1) is 0 Å². The van der Waals surface area contributed by atoms with E-state index in [2.05, 4.69) is 11.9 Å². The third kappa shape index (κ3) is 3.56. The molecule has 3 rings (SSSR count). The Bertz CT molecular complexity index is 736. The van der Waals surface area contributed by atoms with Gasteiger partial charge in [0.1, 0.15) is 17.6 Å². The Morgan fingerprint density at radius 1 is 1.08 bits per heavy atom. The lowest BCUT2D eigenvalue weighted by Gasteiger charge is -2.33. The lowest BCUT2D eigenvalue weighted by molar-refractivity contribution is -0.134. The molecule has 2 aliphatic heterocycles. The summed E-state index contributed by atoms with van der Waals surface area (Å²) in [5, 5.41) is 0. The van der Waals surface area contributed by atoms with Gasteiger partial charge in [0.25, 0.3) is 0 Å². The Morgan fingerprint density at radius 2 is 1.73 bits per heavy atom. The third-order valence-corrected chi connectivity index (χ3v) is 5.53. The number of piperazine rings is 1. The van der Waals surface area contributed by atoms with Crippen LogP contribution in [0.1, 0.15) is 35.6 Å². The van der Waals surface area contributed by atoms with Gasteiger partial charge >= 0.3 is 5.97 Å². The molecule has 2 aliphatic rings. The van der Waals surface area contributed by atoms with E-state index in [0.29, 0.717) is 18.6 Å². The average molecular weight is 360 g/mol. The number of fused-ring (bicyclic) bond motifs is 1. The molecule has 26 heavy (non-hydrogen) atoms. The Labute approximate surface area is 155 Å². The summed E-state index contributed by atoms with van der Waals surface area (Å²) in [5.74, 6) is 1.31. The zero-order chi connectivity index (χ0) is 19.0. The number of rotatable bonds is 3. The maximum absolute atomic E-state index is 12.6. The highest BCUT2D eigenvalue weighted by molar-refractivity contribution is 5.77. The van der Waals surface area contributed by atoms with Gasteiger partial charge in [0, 0.05) is 45.1 Å². The Hall–Kier alpha value is -2.08. The molecule has 142 valence electrons. The van der Waals surface area contributed by atoms with Gasteiger partial charge in [-0.3, -0.25) is 9.59 Å². The molecule has 1 aromatic rings. The van der Waals surface area contributed by atoms with Crippen molar-refractivity contribution in [3.05, 3.63) is 22.3 Å². The zero-order valence-electron chi connectivity index (χ0n) is 16.3. The molecular formula is C20H28N2O4. The number of esters is 1. The van der Waals surface area contributed by atoms with Crippen LogP contribution in [-0.2, 0) is 16.0 Å². The molecule has 2 heterocycles. The minimum atomic E-state index is -0.323. The molecule has 1 atom stereocenters. The highest BCUT2D eigenvalue weighted by Gasteiger charge is 2.32. The van der Waals surface area contributed by atoms with Crippen LogP contribution < -0.4 is 9.47 Å². The number of ether oxygens (including phenoxy) is 2. The first kappa shape index (κ1) is 18.7. The predicted molar refractivity (Wildman–Crippen MR) is 98.8 cm³/mol. The molecule has 0 aromatic heterocycles. The molecule has 1 saturated heterocycles. The summed E-state index contributed by atoms with van der Waals surface area (Å²) < 4.78 is 11.6. The van der Waals surface area contributed by atoms with Crippen LogP contribution in [0.4, 0.5) is 0 Å². The second-order valence-electron chi connectivity index (χ2n) is 7.44. The minimum absolute atomic E-state index is 0.151. The lowest BCUT2D eigenvalue weighted by atomic mass is 9.95. The van der Waals surface area contributed by atoms with Crippen LogP contribution in [0.2, 0.25) is 0 Å². The summed E-state index contributed by atoms with van der Waals surface area (Å²) in [6, 6.07) is 0. The van der Waals surface area contributed by atoms with Crippen LogP contribution in [0.3, 0.4) is 0 Å². The molecule has 0 aliphatic carbocycles. The van der Waals surface area contributed by atoms with E-state index < -0.39 is 0 Å². The van der Waals surface area contributed by atoms with Crippen molar-refractivity contribution in [2.24, 2.45) is 0 Å². The average Bonchev–Trinajstić information content (AvgIpc) is 3.01. The molecule has 0 N–H and O–H groups in total. The molecule has 6 nitrogen and oxygen atoms in total. The van der Waals surface area contributed by atoms with Gasteiger partial charge in [0.05, 0.1) is 6.42 Å². The summed E-state index contributed by atoms with van der Waals surface area (Å²) in [5.41, 5.74) is 3.90. The van der Waals surface area contributed by atoms with E-state index in [0.717, 1.165) is 54.2 Å². The van der Waals surface area contributed by atoms with Gasteiger partial charge in [-0.05, 0) is 44.5 Å². The predicted octanol–water partition coefficient (Wildman–Crippen LogP) is 2.00. The van der Waals surface area contributed by atoms with Crippen molar-refractivity contribution in [2.45, 2.75) is 46.6 Å². The van der Waals surface area contributed by atoms with Crippen LogP contribution in [0.15, 0.2) is 0 Å². The van der Waals surface area contributed by atoms with E-state index in [1.54, 1.807) is 0 Å². The van der Waals surface area contributed by atoms with Crippen molar-refractivity contribution in [3.63, 3.8) is 0 Å². The minimum Gasteiger partial charge on any atom is -0.489 e. The molecule has 6 heteroatoms. The van der Waals surface area contributed by atoms with Gasteiger partial charge in [-0.2, -0.15) is 0 Å². The second-order valence-corrected chi connectivity index (χ2v) is 7.44. The topological polar surface area (TPSA) is 59.1 Å². The number of nitrogens with zero attached hydrogens (tertiary/aromatic N) is 2. The maximum atomic E-state index is 12.6. The quantitative estimate of drug-likeness (QED) is 0.610. The van der Waals surface area contributed by atoms with Gasteiger partial charge in [-0.25, -0.2) is 0 Å². The standard InChI is InChI=1S/C20H28N2O4/c1-12-13(2)20-17(14(3)19(12)25-15(4)23)10-16(26-20)11-18(24)22-8-6-21(5)7-9-22/h16H,6-11H2,1-5H3. The van der Waals surface area contributed by atoms with E-state index in [1.165, 1.54) is 6.92 Å². The summed E-state index contributed by atoms with van der Waals surface area (Å²) in [6.45, 7) is 10.7. The normalized spacial score (nSPS) is 19.9. The first-order valence-corrected chi connectivity index (χ1v) is 9.22. The van der Waals surface area contributed by atoms with Gasteiger partial charge in [-0.1, -0.05) is 0 Å². The molecule has 0 saturated carbocycles. The van der Waals surface area contributed by atoms with Gasteiger partial charge < -0.3 is 19.3 Å². The van der Waals surface area contributed by atoms with Crippen molar-refractivity contribution in [2.75, 3.05) is 33.2 Å². The summed E-state index contributed by atoms with van der Waals surface area (Å²) >= 11 is 0. The van der Waals surface area contributed by atoms with Crippen molar-refractivity contribution in [1.82, 2.24) is 9.80 Å². The van der Waals surface area contributed by atoms with Gasteiger partial charge in [0.15, 0.2) is 0 Å². The fourth-order valence-corrected chi connectivity index (χ4v) is 3.79. The van der Waals surface area contributed by atoms with E-state index >= 15 is 0 Å². The van der Waals surface area contributed by atoms with E-state index in [-0.39, 0.29) is 18.0 Å². The second kappa shape index (κ2) is 7.27. The highest BCUT2D eigenvalue weighted by atomic mass is 16.5. The number of hydrogen-bond donors (Lipinski definition) is 0. The van der Waals surface area contributed by atoms with Crippen LogP contribution in [0.25, 0.3) is 0 Å². The Morgan fingerprint density at radius 3 is 2.35 bits per heavy atom. The maximum Gasteiger partial charge on any atom is 0.308 e. The van der Waals surface area contributed by atoms with Crippen LogP contribution in [0.5, 0.6) is 11.5 Å². The zero-order valence-corrected chi connectivity index (χ0v) is 16.3. The molecular weight excluding hydrogens is 332 g/mol. The van der Waals surface area contributed by atoms with Gasteiger partial charge in [0.2, 0.25) is 5.91 Å². The first-order valence-electron chi connectivity index (χ1n) is 9.22. The lowest BCUT2D eigenvalue weighted by Crippen LogP contribution is -2.48. The Kier molecular flexibility index (Phi) is 5.23. The summed E-state index contributed by atoms with van der Waals surface area (Å²) in [4.78, 5) is 28.2. The summed E-state index contributed by atoms with van der Waals surface area (Å²) in [6.07, 6.45) is 0.913. The smallest absolute Gasteiger partial charge is 0.308 e. The largest absolute Gasteiger partial charge is 0.489 e. The fourth-order valence-electron chi connectivity index (χ4n) is 3.79. The number of carbonyl (C=O) groups excluding carboxylic acids is 2. The third-order valence-electron chi connectivity index (χ3n) is 5.53. The number of likely N-dealkylation sites (N-methyl/N-ethyl adjacent to an activating group) is 1. The van der Waals surface area contributed by atoms with Crippen molar-refractivity contribution in [3.8, 4) is 11.5 Å². The number of amides is 1.